The molecule has 0 saturated heterocycles. The highest BCUT2D eigenvalue weighted by Gasteiger charge is 2.16. The molecule has 5 aromatic rings. The zero-order valence-electron chi connectivity index (χ0n) is 18.5. The molecule has 0 aliphatic carbocycles. The molecule has 10 heteroatoms. The number of azo groups is 1. The zero-order chi connectivity index (χ0) is 24.0. The van der Waals surface area contributed by atoms with Crippen molar-refractivity contribution in [2.45, 2.75) is 4.34 Å². The lowest BCUT2D eigenvalue weighted by atomic mass is 10.2. The van der Waals surface area contributed by atoms with Crippen LogP contribution in [0.2, 0.25) is 0 Å². The number of nitrogens with zero attached hydrogens (tertiary/aromatic N) is 4. The van der Waals surface area contributed by atoms with Crippen molar-refractivity contribution >= 4 is 66.4 Å². The molecule has 5 rings (SSSR count). The summed E-state index contributed by atoms with van der Waals surface area (Å²) < 4.78 is 7.15. The van der Waals surface area contributed by atoms with Crippen molar-refractivity contribution in [2.24, 2.45) is 10.2 Å². The van der Waals surface area contributed by atoms with Crippen molar-refractivity contribution in [1.82, 2.24) is 9.97 Å². The number of carbonyl (C=O) groups is 1. The molecule has 2 aromatic heterocycles. The maximum absolute atomic E-state index is 12.6. The Labute approximate surface area is 213 Å². The van der Waals surface area contributed by atoms with Crippen LogP contribution < -0.4 is 10.1 Å². The number of nitrogens with one attached hydrogen (secondary N) is 1. The minimum Gasteiger partial charge on any atom is -0.497 e. The third-order valence-electron chi connectivity index (χ3n) is 4.83. The molecule has 174 valence electrons. The number of fused-ring (bicyclic) bond motifs is 1. The summed E-state index contributed by atoms with van der Waals surface area (Å²) in [6.07, 6.45) is 0. The lowest BCUT2D eigenvalue weighted by Crippen LogP contribution is -2.13. The molecule has 1 N–H and O–H groups in total. The van der Waals surface area contributed by atoms with Gasteiger partial charge in [-0.2, -0.15) is 0 Å². The largest absolute Gasteiger partial charge is 0.497 e. The monoisotopic (exact) mass is 517 g/mol. The first-order valence-corrected chi connectivity index (χ1v) is 13.2. The first kappa shape index (κ1) is 23.2. The summed E-state index contributed by atoms with van der Waals surface area (Å²) in [4.78, 5) is 21.9. The van der Waals surface area contributed by atoms with Crippen molar-refractivity contribution in [3.05, 3.63) is 78.9 Å². The summed E-state index contributed by atoms with van der Waals surface area (Å²) in [6.45, 7) is 0. The Kier molecular flexibility index (Phi) is 7.12. The van der Waals surface area contributed by atoms with Crippen LogP contribution in [-0.2, 0) is 4.79 Å². The fourth-order valence-corrected chi connectivity index (χ4v) is 5.86. The Balaban J connectivity index is 1.32. The van der Waals surface area contributed by atoms with Crippen LogP contribution in [0.4, 0.5) is 15.8 Å². The van der Waals surface area contributed by atoms with Gasteiger partial charge in [-0.1, -0.05) is 65.6 Å². The number of aromatic nitrogens is 2. The summed E-state index contributed by atoms with van der Waals surface area (Å²) in [7, 11) is 1.62. The average molecular weight is 518 g/mol. The number of carbonyl (C=O) groups excluding carboxylic acids is 1. The fourth-order valence-electron chi connectivity index (χ4n) is 3.16. The SMILES string of the molecule is COc1ccc(N=Nc2sc(NC(=O)CSc3nc4ccccc4s3)nc2-c2ccccc2)cc1. The molecule has 0 aliphatic rings. The average Bonchev–Trinajstić information content (AvgIpc) is 3.50. The van der Waals surface area contributed by atoms with Gasteiger partial charge in [0.2, 0.25) is 5.91 Å². The molecule has 0 unspecified atom stereocenters. The summed E-state index contributed by atoms with van der Waals surface area (Å²) in [5, 5.41) is 12.8. The zero-order valence-corrected chi connectivity index (χ0v) is 21.0. The lowest BCUT2D eigenvalue weighted by molar-refractivity contribution is -0.113. The molecule has 0 spiro atoms. The Hall–Kier alpha value is -3.60. The van der Waals surface area contributed by atoms with Crippen molar-refractivity contribution in [1.29, 1.82) is 0 Å². The highest BCUT2D eigenvalue weighted by molar-refractivity contribution is 8.01. The molecule has 3 aromatic carbocycles. The Morgan fingerprint density at radius 2 is 1.71 bits per heavy atom. The van der Waals surface area contributed by atoms with E-state index in [2.05, 4.69) is 25.5 Å². The van der Waals surface area contributed by atoms with Crippen molar-refractivity contribution in [3.8, 4) is 17.0 Å². The van der Waals surface area contributed by atoms with Crippen LogP contribution in [0.5, 0.6) is 5.75 Å². The van der Waals surface area contributed by atoms with Crippen LogP contribution in [0.25, 0.3) is 21.5 Å². The molecule has 0 bridgehead atoms. The van der Waals surface area contributed by atoms with Gasteiger partial charge in [0.15, 0.2) is 14.5 Å². The van der Waals surface area contributed by atoms with E-state index in [-0.39, 0.29) is 11.7 Å². The Bertz CT molecular complexity index is 1450. The molecule has 0 fully saturated rings. The number of thioether (sulfide) groups is 1. The molecular formula is C25H19N5O2S3. The van der Waals surface area contributed by atoms with E-state index in [0.717, 1.165) is 25.9 Å². The van der Waals surface area contributed by atoms with Gasteiger partial charge in [-0.3, -0.25) is 4.79 Å². The maximum Gasteiger partial charge on any atom is 0.236 e. The third kappa shape index (κ3) is 5.73. The number of para-hydroxylation sites is 1. The van der Waals surface area contributed by atoms with Gasteiger partial charge >= 0.3 is 0 Å². The minimum absolute atomic E-state index is 0.152. The third-order valence-corrected chi connectivity index (χ3v) is 7.87. The summed E-state index contributed by atoms with van der Waals surface area (Å²) in [5.74, 6) is 0.838. The molecular weight excluding hydrogens is 499 g/mol. The quantitative estimate of drug-likeness (QED) is 0.169. The maximum atomic E-state index is 12.6. The second kappa shape index (κ2) is 10.8. The molecule has 2 heterocycles. The Morgan fingerprint density at radius 1 is 0.943 bits per heavy atom. The molecule has 0 aliphatic heterocycles. The smallest absolute Gasteiger partial charge is 0.236 e. The predicted molar refractivity (Wildman–Crippen MR) is 144 cm³/mol. The van der Waals surface area contributed by atoms with Crippen LogP contribution in [0.15, 0.2) is 93.4 Å². The van der Waals surface area contributed by atoms with Gasteiger partial charge in [0.1, 0.15) is 11.4 Å². The number of hydrogen-bond donors (Lipinski definition) is 1. The van der Waals surface area contributed by atoms with E-state index in [1.54, 1.807) is 18.4 Å². The lowest BCUT2D eigenvalue weighted by Gasteiger charge is -1.99. The van der Waals surface area contributed by atoms with E-state index in [1.807, 2.05) is 78.9 Å². The first-order chi connectivity index (χ1) is 17.2. The van der Waals surface area contributed by atoms with Gasteiger partial charge in [0.25, 0.3) is 0 Å². The van der Waals surface area contributed by atoms with Gasteiger partial charge < -0.3 is 10.1 Å². The van der Waals surface area contributed by atoms with Gasteiger partial charge in [-0.05, 0) is 36.4 Å². The van der Waals surface area contributed by atoms with Gasteiger partial charge in [-0.25, -0.2) is 9.97 Å². The van der Waals surface area contributed by atoms with Crippen LogP contribution >= 0.6 is 34.4 Å². The second-order valence-corrected chi connectivity index (χ2v) is 10.5. The summed E-state index contributed by atoms with van der Waals surface area (Å²) >= 11 is 4.28. The molecule has 0 radical (unpaired) electrons. The first-order valence-electron chi connectivity index (χ1n) is 10.6. The highest BCUT2D eigenvalue weighted by Crippen LogP contribution is 2.39. The van der Waals surface area contributed by atoms with E-state index in [1.165, 1.54) is 23.1 Å². The number of hydrogen-bond acceptors (Lipinski definition) is 9. The summed E-state index contributed by atoms with van der Waals surface area (Å²) in [6, 6.07) is 25.0. The molecule has 7 nitrogen and oxygen atoms in total. The Morgan fingerprint density at radius 3 is 2.49 bits per heavy atom. The van der Waals surface area contributed by atoms with Crippen LogP contribution in [-0.4, -0.2) is 28.7 Å². The van der Waals surface area contributed by atoms with Crippen molar-refractivity contribution in [2.75, 3.05) is 18.2 Å². The summed E-state index contributed by atoms with van der Waals surface area (Å²) in [5.41, 5.74) is 3.20. The highest BCUT2D eigenvalue weighted by atomic mass is 32.2. The number of amides is 1. The minimum atomic E-state index is -0.152. The topological polar surface area (TPSA) is 88.8 Å². The normalized spacial score (nSPS) is 11.2. The van der Waals surface area contributed by atoms with Gasteiger partial charge in [-0.15, -0.1) is 21.6 Å². The molecule has 35 heavy (non-hydrogen) atoms. The van der Waals surface area contributed by atoms with E-state index in [0.29, 0.717) is 21.5 Å². The van der Waals surface area contributed by atoms with E-state index >= 15 is 0 Å². The van der Waals surface area contributed by atoms with Gasteiger partial charge in [0.05, 0.1) is 28.8 Å². The number of thiazole rings is 2. The number of methoxy groups -OCH3 is 1. The van der Waals surface area contributed by atoms with Crippen molar-refractivity contribution < 1.29 is 9.53 Å². The van der Waals surface area contributed by atoms with Crippen molar-refractivity contribution in [3.63, 3.8) is 0 Å². The molecule has 0 saturated carbocycles. The number of benzene rings is 3. The van der Waals surface area contributed by atoms with Gasteiger partial charge in [0, 0.05) is 5.56 Å². The van der Waals surface area contributed by atoms with E-state index in [9.17, 15) is 4.79 Å². The second-order valence-electron chi connectivity index (χ2n) is 7.22. The number of rotatable bonds is 8. The van der Waals surface area contributed by atoms with Crippen LogP contribution in [0, 0.1) is 0 Å². The standard InChI is InChI=1S/C25H19N5O2S3/c1-32-18-13-11-17(12-14-18)29-30-23-22(16-7-3-2-4-8-16)28-24(35-23)27-21(31)15-33-25-26-19-9-5-6-10-20(19)34-25/h2-14H,15H2,1H3,(H,27,28,31). The fraction of sp³-hybridized carbons (Fsp3) is 0.0800. The number of ether oxygens (including phenoxy) is 1. The van der Waals surface area contributed by atoms with Crippen LogP contribution in [0.1, 0.15) is 0 Å². The molecule has 1 amide bonds. The van der Waals surface area contributed by atoms with E-state index < -0.39 is 0 Å². The van der Waals surface area contributed by atoms with Crippen LogP contribution in [0.3, 0.4) is 0 Å². The number of anilines is 1. The van der Waals surface area contributed by atoms with E-state index in [4.69, 9.17) is 4.74 Å². The molecule has 0 atom stereocenters. The predicted octanol–water partition coefficient (Wildman–Crippen LogP) is 7.57.